The van der Waals surface area contributed by atoms with Crippen molar-refractivity contribution in [3.63, 3.8) is 0 Å². The number of hydrogen-bond acceptors (Lipinski definition) is 2. The molecule has 0 heterocycles. The smallest absolute Gasteiger partial charge is 0.233 e. The van der Waals surface area contributed by atoms with Crippen molar-refractivity contribution in [1.29, 1.82) is 0 Å². The van der Waals surface area contributed by atoms with Crippen molar-refractivity contribution >= 4 is 5.91 Å². The fourth-order valence-corrected chi connectivity index (χ4v) is 2.42. The van der Waals surface area contributed by atoms with Gasteiger partial charge in [0.1, 0.15) is 0 Å². The molecule has 0 radical (unpaired) electrons. The number of unbranched alkanes of at least 4 members (excludes halogenated alkanes) is 4. The Labute approximate surface area is 119 Å². The summed E-state index contributed by atoms with van der Waals surface area (Å²) in [5.41, 5.74) is 0.271. The molecule has 0 bridgehead atoms. The monoisotopic (exact) mass is 270 g/mol. The molecule has 0 aliphatic carbocycles. The van der Waals surface area contributed by atoms with Gasteiger partial charge >= 0.3 is 0 Å². The van der Waals surface area contributed by atoms with Gasteiger partial charge in [-0.1, -0.05) is 59.3 Å². The molecule has 0 aromatic carbocycles. The maximum absolute atomic E-state index is 11.6. The highest BCUT2D eigenvalue weighted by molar-refractivity contribution is 5.77. The minimum absolute atomic E-state index is 0.110. The van der Waals surface area contributed by atoms with Gasteiger partial charge in [-0.3, -0.25) is 4.79 Å². The van der Waals surface area contributed by atoms with Gasteiger partial charge in [0.15, 0.2) is 0 Å². The Morgan fingerprint density at radius 2 is 1.63 bits per heavy atom. The standard InChI is InChI=1S/C16H34N2O/c1-5-7-9-10-12-16(3,11-8-6-2)14-18-15(19)13-17-4/h17H,5-14H2,1-4H3,(H,18,19). The van der Waals surface area contributed by atoms with Crippen LogP contribution < -0.4 is 10.6 Å². The minimum Gasteiger partial charge on any atom is -0.354 e. The number of amides is 1. The summed E-state index contributed by atoms with van der Waals surface area (Å²) in [6.45, 7) is 8.04. The Morgan fingerprint density at radius 1 is 1.00 bits per heavy atom. The molecule has 0 rings (SSSR count). The van der Waals surface area contributed by atoms with Crippen LogP contribution in [0.4, 0.5) is 0 Å². The summed E-state index contributed by atoms with van der Waals surface area (Å²) in [4.78, 5) is 11.6. The van der Waals surface area contributed by atoms with Crippen LogP contribution in [0.5, 0.6) is 0 Å². The van der Waals surface area contributed by atoms with Crippen molar-refractivity contribution in [2.24, 2.45) is 5.41 Å². The Hall–Kier alpha value is -0.570. The molecule has 0 fully saturated rings. The predicted octanol–water partition coefficient (Wildman–Crippen LogP) is 3.49. The second-order valence-electron chi connectivity index (χ2n) is 6.03. The molecule has 1 atom stereocenters. The van der Waals surface area contributed by atoms with Crippen LogP contribution in [0, 0.1) is 5.41 Å². The van der Waals surface area contributed by atoms with E-state index in [-0.39, 0.29) is 11.3 Å². The molecule has 0 saturated carbocycles. The Kier molecular flexibility index (Phi) is 10.9. The lowest BCUT2D eigenvalue weighted by Gasteiger charge is -2.30. The zero-order valence-corrected chi connectivity index (χ0v) is 13.5. The van der Waals surface area contributed by atoms with Gasteiger partial charge in [0.25, 0.3) is 0 Å². The second kappa shape index (κ2) is 11.3. The number of carbonyl (C=O) groups excluding carboxylic acids is 1. The van der Waals surface area contributed by atoms with Crippen LogP contribution >= 0.6 is 0 Å². The molecule has 3 nitrogen and oxygen atoms in total. The van der Waals surface area contributed by atoms with E-state index in [1.807, 2.05) is 0 Å². The molecule has 19 heavy (non-hydrogen) atoms. The van der Waals surface area contributed by atoms with Crippen molar-refractivity contribution in [2.75, 3.05) is 20.1 Å². The van der Waals surface area contributed by atoms with Gasteiger partial charge in [-0.25, -0.2) is 0 Å². The summed E-state index contributed by atoms with van der Waals surface area (Å²) in [6, 6.07) is 0. The molecule has 3 heteroatoms. The molecule has 0 aromatic heterocycles. The highest BCUT2D eigenvalue weighted by Gasteiger charge is 2.23. The molecular weight excluding hydrogens is 236 g/mol. The van der Waals surface area contributed by atoms with Gasteiger partial charge in [-0.05, 0) is 25.3 Å². The van der Waals surface area contributed by atoms with Gasteiger partial charge in [0.2, 0.25) is 5.91 Å². The molecule has 0 spiro atoms. The van der Waals surface area contributed by atoms with E-state index in [9.17, 15) is 4.79 Å². The third-order valence-electron chi connectivity index (χ3n) is 3.82. The van der Waals surface area contributed by atoms with Gasteiger partial charge in [-0.2, -0.15) is 0 Å². The van der Waals surface area contributed by atoms with Crippen molar-refractivity contribution in [1.82, 2.24) is 10.6 Å². The van der Waals surface area contributed by atoms with Crippen LogP contribution in [0.2, 0.25) is 0 Å². The lowest BCUT2D eigenvalue weighted by atomic mass is 9.80. The molecule has 114 valence electrons. The summed E-state index contributed by atoms with van der Waals surface area (Å²) in [7, 11) is 1.81. The molecule has 0 aliphatic heterocycles. The van der Waals surface area contributed by atoms with Crippen molar-refractivity contribution in [3.8, 4) is 0 Å². The summed E-state index contributed by atoms with van der Waals surface area (Å²) in [5.74, 6) is 0.110. The van der Waals surface area contributed by atoms with Crippen molar-refractivity contribution < 1.29 is 4.79 Å². The van der Waals surface area contributed by atoms with E-state index in [2.05, 4.69) is 31.4 Å². The lowest BCUT2D eigenvalue weighted by molar-refractivity contribution is -0.120. The fourth-order valence-electron chi connectivity index (χ4n) is 2.42. The third kappa shape index (κ3) is 9.94. The van der Waals surface area contributed by atoms with Crippen LogP contribution in [0.3, 0.4) is 0 Å². The highest BCUT2D eigenvalue weighted by Crippen LogP contribution is 2.30. The zero-order chi connectivity index (χ0) is 14.6. The summed E-state index contributed by atoms with van der Waals surface area (Å²) < 4.78 is 0. The number of hydrogen-bond donors (Lipinski definition) is 2. The molecule has 2 N–H and O–H groups in total. The Morgan fingerprint density at radius 3 is 2.21 bits per heavy atom. The molecule has 1 unspecified atom stereocenters. The zero-order valence-electron chi connectivity index (χ0n) is 13.5. The van der Waals surface area contributed by atoms with Crippen molar-refractivity contribution in [3.05, 3.63) is 0 Å². The van der Waals surface area contributed by atoms with Crippen molar-refractivity contribution in [2.45, 2.75) is 72.1 Å². The summed E-state index contributed by atoms with van der Waals surface area (Å²) in [6.07, 6.45) is 10.2. The number of nitrogens with one attached hydrogen (secondary N) is 2. The van der Waals surface area contributed by atoms with Gasteiger partial charge in [-0.15, -0.1) is 0 Å². The topological polar surface area (TPSA) is 41.1 Å². The second-order valence-corrected chi connectivity index (χ2v) is 6.03. The fraction of sp³-hybridized carbons (Fsp3) is 0.938. The number of carbonyl (C=O) groups is 1. The first-order valence-electron chi connectivity index (χ1n) is 7.99. The van der Waals surface area contributed by atoms with E-state index in [0.29, 0.717) is 6.54 Å². The number of likely N-dealkylation sites (N-methyl/N-ethyl adjacent to an activating group) is 1. The normalized spacial score (nSPS) is 14.1. The Bertz CT molecular complexity index is 231. The average molecular weight is 270 g/mol. The first-order valence-corrected chi connectivity index (χ1v) is 7.99. The van der Waals surface area contributed by atoms with Gasteiger partial charge in [0.05, 0.1) is 6.54 Å². The third-order valence-corrected chi connectivity index (χ3v) is 3.82. The quantitative estimate of drug-likeness (QED) is 0.533. The van der Waals surface area contributed by atoms with Gasteiger partial charge < -0.3 is 10.6 Å². The predicted molar refractivity (Wildman–Crippen MR) is 83.3 cm³/mol. The first-order chi connectivity index (χ1) is 9.08. The van der Waals surface area contributed by atoms with E-state index in [1.165, 1.54) is 51.4 Å². The summed E-state index contributed by atoms with van der Waals surface area (Å²) >= 11 is 0. The average Bonchev–Trinajstić information content (AvgIpc) is 2.40. The van der Waals surface area contributed by atoms with E-state index in [4.69, 9.17) is 0 Å². The van der Waals surface area contributed by atoms with E-state index >= 15 is 0 Å². The SMILES string of the molecule is CCCCCCC(C)(CCCC)CNC(=O)CNC. The van der Waals surface area contributed by atoms with E-state index in [1.54, 1.807) is 7.05 Å². The van der Waals surface area contributed by atoms with Crippen LogP contribution in [0.15, 0.2) is 0 Å². The van der Waals surface area contributed by atoms with Crippen LogP contribution in [0.1, 0.15) is 72.1 Å². The van der Waals surface area contributed by atoms with E-state index < -0.39 is 0 Å². The Balaban J connectivity index is 4.12. The van der Waals surface area contributed by atoms with Gasteiger partial charge in [0, 0.05) is 6.54 Å². The highest BCUT2D eigenvalue weighted by atomic mass is 16.1. The summed E-state index contributed by atoms with van der Waals surface area (Å²) in [5, 5.41) is 5.97. The maximum Gasteiger partial charge on any atom is 0.233 e. The maximum atomic E-state index is 11.6. The largest absolute Gasteiger partial charge is 0.354 e. The molecule has 0 aliphatic rings. The van der Waals surface area contributed by atoms with Crippen LogP contribution in [-0.4, -0.2) is 26.0 Å². The molecular formula is C16H34N2O. The van der Waals surface area contributed by atoms with E-state index in [0.717, 1.165) is 6.54 Å². The molecule has 0 saturated heterocycles. The molecule has 0 aromatic rings. The van der Waals surface area contributed by atoms with Crippen LogP contribution in [0.25, 0.3) is 0 Å². The minimum atomic E-state index is 0.110. The van der Waals surface area contributed by atoms with Crippen LogP contribution in [-0.2, 0) is 4.79 Å². The first kappa shape index (κ1) is 18.4. The molecule has 1 amide bonds. The number of rotatable bonds is 12. The lowest BCUT2D eigenvalue weighted by Crippen LogP contribution is -2.39.